The van der Waals surface area contributed by atoms with Gasteiger partial charge in [-0.2, -0.15) is 5.26 Å². The lowest BCUT2D eigenvalue weighted by atomic mass is 10.0. The van der Waals surface area contributed by atoms with Crippen LogP contribution in [0.4, 0.5) is 11.4 Å². The zero-order valence-corrected chi connectivity index (χ0v) is 18.8. The first kappa shape index (κ1) is 23.0. The van der Waals surface area contributed by atoms with Crippen LogP contribution >= 0.6 is 27.5 Å². The Labute approximate surface area is 197 Å². The molecule has 0 aliphatic carbocycles. The molecule has 0 saturated heterocycles. The molecule has 3 aromatic carbocycles. The number of nitro benzene ring substituents is 1. The molecular formula is C23H15BrClN3O4. The predicted molar refractivity (Wildman–Crippen MR) is 126 cm³/mol. The monoisotopic (exact) mass is 511 g/mol. The summed E-state index contributed by atoms with van der Waals surface area (Å²) in [7, 11) is 0. The van der Waals surface area contributed by atoms with Crippen LogP contribution in [0, 0.1) is 21.4 Å². The number of amides is 1. The van der Waals surface area contributed by atoms with Crippen LogP contribution in [0.25, 0.3) is 11.6 Å². The third kappa shape index (κ3) is 5.94. The first-order valence-corrected chi connectivity index (χ1v) is 10.4. The summed E-state index contributed by atoms with van der Waals surface area (Å²) in [6, 6.07) is 19.8. The van der Waals surface area contributed by atoms with E-state index in [1.807, 2.05) is 0 Å². The van der Waals surface area contributed by atoms with E-state index in [-0.39, 0.29) is 17.9 Å². The molecule has 0 atom stereocenters. The van der Waals surface area contributed by atoms with Gasteiger partial charge in [-0.05, 0) is 54.1 Å². The number of nitriles is 1. The molecule has 0 radical (unpaired) electrons. The third-order valence-electron chi connectivity index (χ3n) is 4.29. The van der Waals surface area contributed by atoms with Crippen molar-refractivity contribution in [3.05, 3.63) is 97.5 Å². The number of ether oxygens (including phenoxy) is 1. The van der Waals surface area contributed by atoms with E-state index >= 15 is 0 Å². The predicted octanol–water partition coefficient (Wildman–Crippen LogP) is 6.09. The van der Waals surface area contributed by atoms with E-state index in [4.69, 9.17) is 16.3 Å². The average Bonchev–Trinajstić information content (AvgIpc) is 2.78. The van der Waals surface area contributed by atoms with Crippen molar-refractivity contribution in [2.45, 2.75) is 0 Å². The van der Waals surface area contributed by atoms with Crippen LogP contribution in [0.15, 0.2) is 71.2 Å². The van der Waals surface area contributed by atoms with Crippen LogP contribution in [-0.4, -0.2) is 17.4 Å². The molecule has 160 valence electrons. The number of nitrogens with zero attached hydrogens (tertiary/aromatic N) is 2. The van der Waals surface area contributed by atoms with Gasteiger partial charge in [-0.3, -0.25) is 14.9 Å². The minimum absolute atomic E-state index is 0.0675. The fraction of sp³-hybridized carbons (Fsp3) is 0.0435. The van der Waals surface area contributed by atoms with Crippen molar-refractivity contribution >= 4 is 56.5 Å². The lowest BCUT2D eigenvalue weighted by Crippen LogP contribution is -2.20. The van der Waals surface area contributed by atoms with Crippen molar-refractivity contribution in [1.82, 2.24) is 0 Å². The number of hydrogen-bond acceptors (Lipinski definition) is 5. The second kappa shape index (κ2) is 10.6. The van der Waals surface area contributed by atoms with E-state index in [2.05, 4.69) is 27.3 Å². The van der Waals surface area contributed by atoms with Gasteiger partial charge < -0.3 is 10.1 Å². The molecule has 0 unspecified atom stereocenters. The maximum Gasteiger partial charge on any atom is 0.269 e. The van der Waals surface area contributed by atoms with Crippen molar-refractivity contribution in [1.29, 1.82) is 5.26 Å². The Morgan fingerprint density at radius 3 is 2.56 bits per heavy atom. The maximum absolute atomic E-state index is 12.3. The molecule has 3 rings (SSSR count). The van der Waals surface area contributed by atoms with Crippen LogP contribution in [0.2, 0.25) is 5.02 Å². The summed E-state index contributed by atoms with van der Waals surface area (Å²) in [5, 5.41) is 23.5. The van der Waals surface area contributed by atoms with Crippen molar-refractivity contribution in [3.8, 4) is 11.8 Å². The van der Waals surface area contributed by atoms with Gasteiger partial charge in [-0.15, -0.1) is 0 Å². The Bertz CT molecular complexity index is 1240. The van der Waals surface area contributed by atoms with E-state index in [1.165, 1.54) is 24.3 Å². The second-order valence-electron chi connectivity index (χ2n) is 6.47. The van der Waals surface area contributed by atoms with Crippen LogP contribution in [-0.2, 0) is 4.79 Å². The summed E-state index contributed by atoms with van der Waals surface area (Å²) < 4.78 is 6.43. The molecule has 7 nitrogen and oxygen atoms in total. The van der Waals surface area contributed by atoms with Gasteiger partial charge in [-0.25, -0.2) is 0 Å². The highest BCUT2D eigenvalue weighted by atomic mass is 79.9. The van der Waals surface area contributed by atoms with E-state index in [0.29, 0.717) is 27.6 Å². The minimum Gasteiger partial charge on any atom is -0.483 e. The largest absolute Gasteiger partial charge is 0.483 e. The molecule has 0 aliphatic rings. The smallest absolute Gasteiger partial charge is 0.269 e. The number of nitro groups is 1. The van der Waals surface area contributed by atoms with Crippen molar-refractivity contribution < 1.29 is 14.5 Å². The number of nitrogens with one attached hydrogen (secondary N) is 1. The molecule has 1 amide bonds. The summed E-state index contributed by atoms with van der Waals surface area (Å²) >= 11 is 9.44. The van der Waals surface area contributed by atoms with Crippen molar-refractivity contribution in [3.63, 3.8) is 0 Å². The van der Waals surface area contributed by atoms with E-state index < -0.39 is 10.8 Å². The fourth-order valence-corrected chi connectivity index (χ4v) is 3.32. The molecule has 0 spiro atoms. The van der Waals surface area contributed by atoms with Crippen LogP contribution in [0.1, 0.15) is 11.1 Å². The number of allylic oxidation sites excluding steroid dienone is 1. The van der Waals surface area contributed by atoms with Crippen molar-refractivity contribution in [2.75, 3.05) is 11.9 Å². The van der Waals surface area contributed by atoms with E-state index in [9.17, 15) is 20.2 Å². The number of halogens is 2. The molecule has 9 heteroatoms. The van der Waals surface area contributed by atoms with E-state index in [1.54, 1.807) is 48.5 Å². The highest BCUT2D eigenvalue weighted by Crippen LogP contribution is 2.29. The standard InChI is InChI=1S/C23H15BrClN3O4/c24-18-7-10-22(32-14-23(29)27-21-4-2-1-3-20(21)25)16(12-18)11-17(13-26)15-5-8-19(9-6-15)28(30)31/h1-12H,14H2,(H,27,29). The van der Waals surface area contributed by atoms with Gasteiger partial charge in [0.15, 0.2) is 6.61 Å². The van der Waals surface area contributed by atoms with Gasteiger partial charge in [-0.1, -0.05) is 39.7 Å². The number of para-hydroxylation sites is 1. The molecule has 32 heavy (non-hydrogen) atoms. The maximum atomic E-state index is 12.3. The summed E-state index contributed by atoms with van der Waals surface area (Å²) in [5.41, 5.74) is 1.76. The van der Waals surface area contributed by atoms with Gasteiger partial charge >= 0.3 is 0 Å². The zero-order valence-electron chi connectivity index (χ0n) is 16.4. The highest BCUT2D eigenvalue weighted by molar-refractivity contribution is 9.10. The molecule has 1 N–H and O–H groups in total. The highest BCUT2D eigenvalue weighted by Gasteiger charge is 2.11. The molecule has 0 aliphatic heterocycles. The molecule has 0 bridgehead atoms. The fourth-order valence-electron chi connectivity index (χ4n) is 2.75. The number of non-ortho nitro benzene ring substituents is 1. The molecule has 3 aromatic rings. The summed E-state index contributed by atoms with van der Waals surface area (Å²) in [6.07, 6.45) is 1.59. The molecule has 0 saturated carbocycles. The third-order valence-corrected chi connectivity index (χ3v) is 5.11. The average molecular weight is 513 g/mol. The van der Waals surface area contributed by atoms with Crippen LogP contribution in [0.3, 0.4) is 0 Å². The topological polar surface area (TPSA) is 105 Å². The van der Waals surface area contributed by atoms with Gasteiger partial charge in [0.05, 0.1) is 27.3 Å². The minimum atomic E-state index is -0.506. The lowest BCUT2D eigenvalue weighted by molar-refractivity contribution is -0.384. The van der Waals surface area contributed by atoms with E-state index in [0.717, 1.165) is 4.47 Å². The SMILES string of the molecule is N#CC(=Cc1cc(Br)ccc1OCC(=O)Nc1ccccc1Cl)c1ccc([N+](=O)[O-])cc1. The summed E-state index contributed by atoms with van der Waals surface area (Å²) in [6.45, 7) is -0.271. The number of carbonyl (C=O) groups excluding carboxylic acids is 1. The molecular weight excluding hydrogens is 498 g/mol. The first-order chi connectivity index (χ1) is 15.4. The molecule has 0 fully saturated rings. The Morgan fingerprint density at radius 2 is 1.91 bits per heavy atom. The summed E-state index contributed by atoms with van der Waals surface area (Å²) in [5.74, 6) is -0.0102. The Morgan fingerprint density at radius 1 is 1.19 bits per heavy atom. The number of hydrogen-bond donors (Lipinski definition) is 1. The first-order valence-electron chi connectivity index (χ1n) is 9.20. The summed E-state index contributed by atoms with van der Waals surface area (Å²) in [4.78, 5) is 22.6. The second-order valence-corrected chi connectivity index (χ2v) is 7.80. The normalized spacial score (nSPS) is 10.8. The van der Waals surface area contributed by atoms with Gasteiger partial charge in [0.1, 0.15) is 5.75 Å². The number of benzene rings is 3. The Hall–Kier alpha value is -3.67. The Kier molecular flexibility index (Phi) is 7.60. The lowest BCUT2D eigenvalue weighted by Gasteiger charge is -2.11. The number of anilines is 1. The van der Waals surface area contributed by atoms with Crippen molar-refractivity contribution in [2.24, 2.45) is 0 Å². The van der Waals surface area contributed by atoms with Gasteiger partial charge in [0.2, 0.25) is 0 Å². The quantitative estimate of drug-likeness (QED) is 0.178. The van der Waals surface area contributed by atoms with Gasteiger partial charge in [0.25, 0.3) is 11.6 Å². The Balaban J connectivity index is 1.80. The number of carbonyl (C=O) groups is 1. The zero-order chi connectivity index (χ0) is 23.1. The van der Waals surface area contributed by atoms with Gasteiger partial charge in [0, 0.05) is 22.2 Å². The van der Waals surface area contributed by atoms with Crippen LogP contribution < -0.4 is 10.1 Å². The van der Waals surface area contributed by atoms with Crippen LogP contribution in [0.5, 0.6) is 5.75 Å². The number of rotatable bonds is 7. The molecule has 0 heterocycles. The molecule has 0 aromatic heterocycles.